The summed E-state index contributed by atoms with van der Waals surface area (Å²) < 4.78 is 51.1. The van der Waals surface area contributed by atoms with Gasteiger partial charge in [0, 0.05) is 18.7 Å². The summed E-state index contributed by atoms with van der Waals surface area (Å²) in [6, 6.07) is 10.6. The van der Waals surface area contributed by atoms with Crippen LogP contribution in [0.5, 0.6) is 0 Å². The van der Waals surface area contributed by atoms with Crippen LogP contribution in [0.3, 0.4) is 0 Å². The normalized spacial score (nSPS) is 15.2. The van der Waals surface area contributed by atoms with Gasteiger partial charge in [-0.3, -0.25) is 9.69 Å². The summed E-state index contributed by atoms with van der Waals surface area (Å²) in [5.41, 5.74) is 0.420. The number of benzene rings is 2. The molecule has 8 heteroatoms. The van der Waals surface area contributed by atoms with Crippen molar-refractivity contribution in [1.82, 2.24) is 4.90 Å². The Bertz CT molecular complexity index is 882. The van der Waals surface area contributed by atoms with E-state index >= 15 is 0 Å². The monoisotopic (exact) mass is 401 g/mol. The molecule has 0 atom stereocenters. The largest absolute Gasteiger partial charge is 0.295 e. The number of sulfone groups is 1. The third-order valence-corrected chi connectivity index (χ3v) is 6.10. The fraction of sp³-hybridized carbons (Fsp3) is 0.278. The molecule has 0 bridgehead atoms. The number of Topliss-reactive ketones (excluding diaryl/α,β-unsaturated/α-hetero) is 1. The molecule has 0 saturated carbocycles. The summed E-state index contributed by atoms with van der Waals surface area (Å²) >= 11 is 0. The Morgan fingerprint density at radius 1 is 1.04 bits per heavy atom. The first-order valence-electron chi connectivity index (χ1n) is 7.83. The number of hydrogen-bond donors (Lipinski definition) is 0. The van der Waals surface area contributed by atoms with E-state index < -0.39 is 21.5 Å². The number of rotatable bonds is 6. The first-order chi connectivity index (χ1) is 11.8. The highest BCUT2D eigenvalue weighted by Gasteiger charge is 2.33. The van der Waals surface area contributed by atoms with E-state index in [1.165, 1.54) is 42.5 Å². The van der Waals surface area contributed by atoms with Gasteiger partial charge in [-0.15, -0.1) is 12.4 Å². The summed E-state index contributed by atoms with van der Waals surface area (Å²) in [6.07, 6.45) is 0. The smallest absolute Gasteiger partial charge is 0.181 e. The van der Waals surface area contributed by atoms with Gasteiger partial charge in [-0.25, -0.2) is 17.2 Å². The molecule has 1 aliphatic rings. The third kappa shape index (κ3) is 4.66. The van der Waals surface area contributed by atoms with E-state index in [0.717, 1.165) is 6.07 Å². The van der Waals surface area contributed by atoms with Crippen LogP contribution in [0.2, 0.25) is 0 Å². The number of halogens is 3. The second-order valence-corrected chi connectivity index (χ2v) is 8.20. The van der Waals surface area contributed by atoms with E-state index in [9.17, 15) is 22.0 Å². The van der Waals surface area contributed by atoms with Crippen molar-refractivity contribution in [2.45, 2.75) is 4.90 Å². The van der Waals surface area contributed by atoms with Gasteiger partial charge in [-0.1, -0.05) is 12.1 Å². The molecule has 2 aromatic carbocycles. The van der Waals surface area contributed by atoms with E-state index in [1.807, 2.05) is 4.90 Å². The van der Waals surface area contributed by atoms with Crippen LogP contribution in [0.1, 0.15) is 10.4 Å². The molecule has 1 heterocycles. The molecule has 140 valence electrons. The average Bonchev–Trinajstić information content (AvgIpc) is 2.53. The Balaban J connectivity index is 0.00000243. The van der Waals surface area contributed by atoms with Crippen LogP contribution in [0.4, 0.5) is 8.78 Å². The lowest BCUT2D eigenvalue weighted by Crippen LogP contribution is -2.51. The van der Waals surface area contributed by atoms with Crippen molar-refractivity contribution in [1.29, 1.82) is 0 Å². The van der Waals surface area contributed by atoms with Crippen LogP contribution in [0, 0.1) is 17.6 Å². The molecule has 1 aliphatic heterocycles. The fourth-order valence-corrected chi connectivity index (χ4v) is 4.60. The van der Waals surface area contributed by atoms with E-state index in [1.54, 1.807) is 0 Å². The minimum Gasteiger partial charge on any atom is -0.295 e. The highest BCUT2D eigenvalue weighted by molar-refractivity contribution is 7.91. The van der Waals surface area contributed by atoms with Crippen LogP contribution in [0.15, 0.2) is 53.4 Å². The van der Waals surface area contributed by atoms with Crippen LogP contribution >= 0.6 is 12.4 Å². The SMILES string of the molecule is Cl.O=C(CN1CC(CS(=O)(=O)c2ccccc2F)C1)c1ccc(F)cc1. The molecule has 1 fully saturated rings. The van der Waals surface area contributed by atoms with E-state index in [4.69, 9.17) is 0 Å². The summed E-state index contributed by atoms with van der Waals surface area (Å²) in [7, 11) is -3.69. The maximum absolute atomic E-state index is 13.7. The van der Waals surface area contributed by atoms with Crippen molar-refractivity contribution in [3.05, 3.63) is 65.7 Å². The van der Waals surface area contributed by atoms with Gasteiger partial charge in [0.05, 0.1) is 12.3 Å². The number of hydrogen-bond acceptors (Lipinski definition) is 4. The molecule has 0 unspecified atom stereocenters. The predicted octanol–water partition coefficient (Wildman–Crippen LogP) is 2.98. The first-order valence-corrected chi connectivity index (χ1v) is 9.49. The predicted molar refractivity (Wildman–Crippen MR) is 96.4 cm³/mol. The topological polar surface area (TPSA) is 54.5 Å². The first kappa shape index (κ1) is 20.5. The van der Waals surface area contributed by atoms with Crippen LogP contribution in [0.25, 0.3) is 0 Å². The molecular weight excluding hydrogens is 384 g/mol. The summed E-state index contributed by atoms with van der Waals surface area (Å²) in [6.45, 7) is 1.07. The van der Waals surface area contributed by atoms with Gasteiger partial charge in [0.15, 0.2) is 15.6 Å². The Morgan fingerprint density at radius 3 is 2.27 bits per heavy atom. The molecule has 26 heavy (non-hydrogen) atoms. The fourth-order valence-electron chi connectivity index (χ4n) is 2.94. The van der Waals surface area contributed by atoms with Crippen LogP contribution in [-0.2, 0) is 9.84 Å². The Kier molecular flexibility index (Phi) is 6.49. The second kappa shape index (κ2) is 8.24. The van der Waals surface area contributed by atoms with Crippen molar-refractivity contribution < 1.29 is 22.0 Å². The van der Waals surface area contributed by atoms with E-state index in [2.05, 4.69) is 0 Å². The average molecular weight is 402 g/mol. The van der Waals surface area contributed by atoms with Gasteiger partial charge in [0.2, 0.25) is 0 Å². The van der Waals surface area contributed by atoms with Crippen molar-refractivity contribution in [2.75, 3.05) is 25.4 Å². The van der Waals surface area contributed by atoms with Crippen molar-refractivity contribution in [2.24, 2.45) is 5.92 Å². The minimum atomic E-state index is -3.69. The Labute approximate surface area is 157 Å². The van der Waals surface area contributed by atoms with Crippen molar-refractivity contribution >= 4 is 28.0 Å². The number of ketones is 1. The summed E-state index contributed by atoms with van der Waals surface area (Å²) in [5.74, 6) is -1.57. The van der Waals surface area contributed by atoms with Gasteiger partial charge in [0.25, 0.3) is 0 Å². The van der Waals surface area contributed by atoms with Crippen molar-refractivity contribution in [3.63, 3.8) is 0 Å². The molecule has 3 rings (SSSR count). The molecular formula is C18H18ClF2NO3S. The van der Waals surface area contributed by atoms with Gasteiger partial charge in [-0.05, 0) is 42.3 Å². The maximum atomic E-state index is 13.7. The number of carbonyl (C=O) groups excluding carboxylic acids is 1. The molecule has 4 nitrogen and oxygen atoms in total. The molecule has 0 aliphatic carbocycles. The number of carbonyl (C=O) groups is 1. The molecule has 0 aromatic heterocycles. The zero-order valence-corrected chi connectivity index (χ0v) is 15.4. The van der Waals surface area contributed by atoms with E-state index in [-0.39, 0.29) is 41.3 Å². The molecule has 2 aromatic rings. The maximum Gasteiger partial charge on any atom is 0.181 e. The zero-order chi connectivity index (χ0) is 18.0. The Morgan fingerprint density at radius 2 is 1.65 bits per heavy atom. The number of likely N-dealkylation sites (tertiary alicyclic amines) is 1. The van der Waals surface area contributed by atoms with Gasteiger partial charge in [-0.2, -0.15) is 0 Å². The quantitative estimate of drug-likeness (QED) is 0.698. The van der Waals surface area contributed by atoms with Gasteiger partial charge in [0.1, 0.15) is 16.5 Å². The molecule has 0 amide bonds. The third-order valence-electron chi connectivity index (χ3n) is 4.19. The lowest BCUT2D eigenvalue weighted by Gasteiger charge is -2.38. The van der Waals surface area contributed by atoms with Crippen molar-refractivity contribution in [3.8, 4) is 0 Å². The lowest BCUT2D eigenvalue weighted by atomic mass is 10.0. The Hall–Kier alpha value is -1.83. The van der Waals surface area contributed by atoms with Gasteiger partial charge >= 0.3 is 0 Å². The standard InChI is InChI=1S/C18H17F2NO3S.ClH/c19-15-7-5-14(6-8-15)17(22)11-21-9-13(10-21)12-25(23,24)18-4-2-1-3-16(18)20;/h1-8,13H,9-12H2;1H. The van der Waals surface area contributed by atoms with Gasteiger partial charge < -0.3 is 0 Å². The van der Waals surface area contributed by atoms with Crippen LogP contribution < -0.4 is 0 Å². The highest BCUT2D eigenvalue weighted by Crippen LogP contribution is 2.23. The lowest BCUT2D eigenvalue weighted by molar-refractivity contribution is 0.0771. The second-order valence-electron chi connectivity index (χ2n) is 6.20. The molecule has 1 saturated heterocycles. The zero-order valence-electron chi connectivity index (χ0n) is 13.8. The summed E-state index contributed by atoms with van der Waals surface area (Å²) in [4.78, 5) is 13.6. The molecule has 0 N–H and O–H groups in total. The highest BCUT2D eigenvalue weighted by atomic mass is 35.5. The van der Waals surface area contributed by atoms with Crippen LogP contribution in [-0.4, -0.2) is 44.5 Å². The molecule has 0 spiro atoms. The van der Waals surface area contributed by atoms with E-state index in [0.29, 0.717) is 18.7 Å². The minimum absolute atomic E-state index is 0. The molecule has 0 radical (unpaired) electrons. The number of nitrogens with zero attached hydrogens (tertiary/aromatic N) is 1. The summed E-state index contributed by atoms with van der Waals surface area (Å²) in [5, 5.41) is 0.